The highest BCUT2D eigenvalue weighted by Gasteiger charge is 2.61. The summed E-state index contributed by atoms with van der Waals surface area (Å²) in [5.41, 5.74) is 7.18. The SMILES string of the molecule is Cc1ccc(N2C(=O)C(C)(C)S2(=O)=O)c(N)c1. The van der Waals surface area contributed by atoms with Crippen molar-refractivity contribution in [1.29, 1.82) is 0 Å². The second-order valence-electron chi connectivity index (χ2n) is 4.65. The minimum atomic E-state index is -3.63. The molecule has 0 unspecified atom stereocenters. The highest BCUT2D eigenvalue weighted by Crippen LogP contribution is 2.41. The number of benzene rings is 1. The molecule has 1 aromatic rings. The number of amides is 1. The molecular formula is C11H14N2O3S. The summed E-state index contributed by atoms with van der Waals surface area (Å²) in [6, 6.07) is 4.92. The molecule has 0 saturated carbocycles. The average Bonchev–Trinajstić information content (AvgIpc) is 2.21. The van der Waals surface area contributed by atoms with E-state index < -0.39 is 20.7 Å². The Hall–Kier alpha value is -1.56. The Balaban J connectivity index is 2.55. The Morgan fingerprint density at radius 3 is 2.35 bits per heavy atom. The summed E-state index contributed by atoms with van der Waals surface area (Å²) in [6.07, 6.45) is 0. The predicted molar refractivity (Wildman–Crippen MR) is 66.1 cm³/mol. The van der Waals surface area contributed by atoms with Gasteiger partial charge < -0.3 is 5.73 Å². The van der Waals surface area contributed by atoms with Gasteiger partial charge in [0.05, 0.1) is 11.4 Å². The van der Waals surface area contributed by atoms with Gasteiger partial charge in [0.15, 0.2) is 4.75 Å². The van der Waals surface area contributed by atoms with Crippen LogP contribution in [0.4, 0.5) is 11.4 Å². The molecule has 1 aliphatic rings. The van der Waals surface area contributed by atoms with Gasteiger partial charge in [0.25, 0.3) is 15.9 Å². The predicted octanol–water partition coefficient (Wildman–Crippen LogP) is 1.03. The second kappa shape index (κ2) is 3.22. The Morgan fingerprint density at radius 2 is 1.88 bits per heavy atom. The zero-order valence-electron chi connectivity index (χ0n) is 9.89. The molecule has 0 aromatic heterocycles. The van der Waals surface area contributed by atoms with Crippen LogP contribution < -0.4 is 10.0 Å². The van der Waals surface area contributed by atoms with Gasteiger partial charge in [-0.15, -0.1) is 0 Å². The van der Waals surface area contributed by atoms with Crippen LogP contribution in [0, 0.1) is 6.92 Å². The number of hydrogen-bond donors (Lipinski definition) is 1. The Labute approximate surface area is 100 Å². The fourth-order valence-corrected chi connectivity index (χ4v) is 3.26. The van der Waals surface area contributed by atoms with Gasteiger partial charge in [-0.05, 0) is 38.5 Å². The van der Waals surface area contributed by atoms with Crippen LogP contribution in [0.5, 0.6) is 0 Å². The average molecular weight is 254 g/mol. The fraction of sp³-hybridized carbons (Fsp3) is 0.364. The minimum absolute atomic E-state index is 0.236. The Bertz CT molecular complexity index is 605. The lowest BCUT2D eigenvalue weighted by molar-refractivity contribution is -0.120. The monoisotopic (exact) mass is 254 g/mol. The van der Waals surface area contributed by atoms with Crippen molar-refractivity contribution in [3.8, 4) is 0 Å². The molecule has 0 spiro atoms. The first-order valence-corrected chi connectivity index (χ1v) is 6.59. The molecule has 0 radical (unpaired) electrons. The Kier molecular flexibility index (Phi) is 2.26. The van der Waals surface area contributed by atoms with Gasteiger partial charge in [0.1, 0.15) is 0 Å². The third kappa shape index (κ3) is 1.37. The smallest absolute Gasteiger partial charge is 0.263 e. The molecule has 1 aliphatic heterocycles. The molecule has 1 amide bonds. The normalized spacial score (nSPS) is 21.1. The molecule has 0 aliphatic carbocycles. The number of anilines is 2. The zero-order chi connectivity index (χ0) is 13.0. The number of nitrogen functional groups attached to an aromatic ring is 1. The Morgan fingerprint density at radius 1 is 1.29 bits per heavy atom. The van der Waals surface area contributed by atoms with Gasteiger partial charge in [0, 0.05) is 0 Å². The lowest BCUT2D eigenvalue weighted by Crippen LogP contribution is -2.67. The summed E-state index contributed by atoms with van der Waals surface area (Å²) < 4.78 is 23.4. The second-order valence-corrected chi connectivity index (χ2v) is 6.98. The molecule has 6 heteroatoms. The minimum Gasteiger partial charge on any atom is -0.397 e. The van der Waals surface area contributed by atoms with E-state index in [4.69, 9.17) is 5.73 Å². The van der Waals surface area contributed by atoms with Gasteiger partial charge in [-0.2, -0.15) is 0 Å². The largest absolute Gasteiger partial charge is 0.397 e. The lowest BCUT2D eigenvalue weighted by atomic mass is 10.1. The quantitative estimate of drug-likeness (QED) is 0.759. The van der Waals surface area contributed by atoms with E-state index in [0.717, 1.165) is 9.87 Å². The summed E-state index contributed by atoms with van der Waals surface area (Å²) in [5, 5.41) is 0. The molecule has 5 nitrogen and oxygen atoms in total. The number of rotatable bonds is 1. The van der Waals surface area contributed by atoms with E-state index in [1.54, 1.807) is 18.2 Å². The van der Waals surface area contributed by atoms with Gasteiger partial charge in [0.2, 0.25) is 0 Å². The van der Waals surface area contributed by atoms with E-state index in [2.05, 4.69) is 0 Å². The molecule has 2 N–H and O–H groups in total. The van der Waals surface area contributed by atoms with Gasteiger partial charge in [-0.25, -0.2) is 12.7 Å². The third-order valence-electron chi connectivity index (χ3n) is 2.99. The molecule has 1 saturated heterocycles. The highest BCUT2D eigenvalue weighted by atomic mass is 32.2. The maximum Gasteiger partial charge on any atom is 0.263 e. The first kappa shape index (κ1) is 11.9. The number of sulfonamides is 1. The molecule has 92 valence electrons. The van der Waals surface area contributed by atoms with Crippen molar-refractivity contribution < 1.29 is 13.2 Å². The van der Waals surface area contributed by atoms with E-state index in [-0.39, 0.29) is 11.4 Å². The molecule has 2 rings (SSSR count). The summed E-state index contributed by atoms with van der Waals surface area (Å²) >= 11 is 0. The van der Waals surface area contributed by atoms with E-state index in [0.29, 0.717) is 0 Å². The number of carbonyl (C=O) groups is 1. The molecule has 17 heavy (non-hydrogen) atoms. The van der Waals surface area contributed by atoms with Crippen molar-refractivity contribution in [2.24, 2.45) is 0 Å². The van der Waals surface area contributed by atoms with Crippen molar-refractivity contribution in [1.82, 2.24) is 0 Å². The van der Waals surface area contributed by atoms with Crippen molar-refractivity contribution >= 4 is 27.3 Å². The molecule has 1 aromatic carbocycles. The van der Waals surface area contributed by atoms with Crippen molar-refractivity contribution in [3.05, 3.63) is 23.8 Å². The first-order valence-electron chi connectivity index (χ1n) is 5.15. The molecule has 1 heterocycles. The van der Waals surface area contributed by atoms with Crippen LogP contribution in [0.2, 0.25) is 0 Å². The van der Waals surface area contributed by atoms with Crippen LogP contribution in [-0.2, 0) is 14.8 Å². The standard InChI is InChI=1S/C11H14N2O3S/c1-7-4-5-9(8(12)6-7)13-10(14)11(2,3)17(13,15)16/h4-6H,12H2,1-3H3. The van der Waals surface area contributed by atoms with Crippen LogP contribution in [0.15, 0.2) is 18.2 Å². The van der Waals surface area contributed by atoms with Crippen LogP contribution in [0.25, 0.3) is 0 Å². The summed E-state index contributed by atoms with van der Waals surface area (Å²) in [6.45, 7) is 4.63. The summed E-state index contributed by atoms with van der Waals surface area (Å²) in [7, 11) is -3.63. The maximum absolute atomic E-state index is 12.0. The number of hydrogen-bond acceptors (Lipinski definition) is 4. The zero-order valence-corrected chi connectivity index (χ0v) is 10.7. The van der Waals surface area contributed by atoms with Crippen molar-refractivity contribution in [2.75, 3.05) is 10.0 Å². The lowest BCUT2D eigenvalue weighted by Gasteiger charge is -2.43. The number of nitrogens with zero attached hydrogens (tertiary/aromatic N) is 1. The number of aryl methyl sites for hydroxylation is 1. The third-order valence-corrected chi connectivity index (χ3v) is 5.29. The molecule has 0 atom stereocenters. The fourth-order valence-electron chi connectivity index (χ4n) is 1.75. The topological polar surface area (TPSA) is 80.5 Å². The van der Waals surface area contributed by atoms with Gasteiger partial charge in [-0.3, -0.25) is 4.79 Å². The van der Waals surface area contributed by atoms with Gasteiger partial charge in [-0.1, -0.05) is 6.07 Å². The van der Waals surface area contributed by atoms with E-state index in [1.165, 1.54) is 13.8 Å². The summed E-state index contributed by atoms with van der Waals surface area (Å²) in [4.78, 5) is 11.8. The van der Waals surface area contributed by atoms with Crippen LogP contribution in [0.3, 0.4) is 0 Å². The van der Waals surface area contributed by atoms with Crippen LogP contribution >= 0.6 is 0 Å². The van der Waals surface area contributed by atoms with Crippen LogP contribution in [0.1, 0.15) is 19.4 Å². The first-order chi connectivity index (χ1) is 7.69. The highest BCUT2D eigenvalue weighted by molar-refractivity contribution is 7.98. The van der Waals surface area contributed by atoms with E-state index in [1.807, 2.05) is 6.92 Å². The molecule has 0 bridgehead atoms. The molecular weight excluding hydrogens is 240 g/mol. The number of nitrogens with two attached hydrogens (primary N) is 1. The van der Waals surface area contributed by atoms with Crippen molar-refractivity contribution in [3.63, 3.8) is 0 Å². The molecule has 1 fully saturated rings. The van der Waals surface area contributed by atoms with E-state index in [9.17, 15) is 13.2 Å². The number of carbonyl (C=O) groups excluding carboxylic acids is 1. The summed E-state index contributed by atoms with van der Waals surface area (Å²) in [5.74, 6) is -0.451. The van der Waals surface area contributed by atoms with Crippen molar-refractivity contribution in [2.45, 2.75) is 25.5 Å². The van der Waals surface area contributed by atoms with Gasteiger partial charge >= 0.3 is 0 Å². The van der Waals surface area contributed by atoms with Crippen LogP contribution in [-0.4, -0.2) is 19.1 Å². The van der Waals surface area contributed by atoms with E-state index >= 15 is 0 Å². The maximum atomic E-state index is 12.0.